The monoisotopic (exact) mass is 345 g/mol. The van der Waals surface area contributed by atoms with Crippen molar-refractivity contribution in [2.24, 2.45) is 5.92 Å². The normalized spacial score (nSPS) is 26.3. The maximum Gasteiger partial charge on any atom is 0.256 e. The molecule has 25 heavy (non-hydrogen) atoms. The Morgan fingerprint density at radius 3 is 3.00 bits per heavy atom. The summed E-state index contributed by atoms with van der Waals surface area (Å²) in [6, 6.07) is 4.00. The van der Waals surface area contributed by atoms with E-state index in [0.717, 1.165) is 25.7 Å². The van der Waals surface area contributed by atoms with Crippen molar-refractivity contribution in [2.75, 3.05) is 13.1 Å². The number of halogens is 1. The Morgan fingerprint density at radius 2 is 2.20 bits per heavy atom. The van der Waals surface area contributed by atoms with Gasteiger partial charge in [-0.25, -0.2) is 4.39 Å². The van der Waals surface area contributed by atoms with Gasteiger partial charge in [0.25, 0.3) is 5.91 Å². The van der Waals surface area contributed by atoms with Crippen LogP contribution in [-0.2, 0) is 0 Å². The fourth-order valence-corrected chi connectivity index (χ4v) is 4.08. The lowest BCUT2D eigenvalue weighted by Gasteiger charge is -2.47. The molecular weight excluding hydrogens is 325 g/mol. The number of hydrogen-bond acceptors (Lipinski definition) is 5. The standard InChI is InChI=1S/C17H20FN5O2/c18-13-4-5-15(23-11-19-20-21-23)14(9-13)16(24)22-8-7-17(25)6-2-1-3-12(17)10-22/h4-5,9,11-12,25H,1-3,6-8,10H2/t12-,17+/m0/s1. The van der Waals surface area contributed by atoms with E-state index in [0.29, 0.717) is 25.2 Å². The number of carbonyl (C=O) groups excluding carboxylic acids is 1. The number of carbonyl (C=O) groups is 1. The Labute approximate surface area is 144 Å². The second-order valence-electron chi connectivity index (χ2n) is 6.96. The molecule has 1 aliphatic carbocycles. The molecule has 1 saturated heterocycles. The van der Waals surface area contributed by atoms with E-state index in [2.05, 4.69) is 15.5 Å². The van der Waals surface area contributed by atoms with Gasteiger partial charge in [-0.3, -0.25) is 4.79 Å². The predicted molar refractivity (Wildman–Crippen MR) is 86.5 cm³/mol. The zero-order valence-corrected chi connectivity index (χ0v) is 13.8. The second kappa shape index (κ2) is 6.18. The molecule has 0 radical (unpaired) electrons. The van der Waals surface area contributed by atoms with Crippen molar-refractivity contribution in [2.45, 2.75) is 37.7 Å². The average molecular weight is 345 g/mol. The summed E-state index contributed by atoms with van der Waals surface area (Å²) in [4.78, 5) is 14.8. The molecule has 1 amide bonds. The SMILES string of the molecule is O=C(c1cc(F)ccc1-n1cnnn1)N1CC[C@]2(O)CCCC[C@H]2C1. The lowest BCUT2D eigenvalue weighted by molar-refractivity contribution is -0.0886. The van der Waals surface area contributed by atoms with Gasteiger partial charge in [0.05, 0.1) is 16.9 Å². The van der Waals surface area contributed by atoms with Crippen molar-refractivity contribution in [3.05, 3.63) is 35.9 Å². The molecule has 2 aromatic rings. The van der Waals surface area contributed by atoms with E-state index in [1.165, 1.54) is 29.2 Å². The molecule has 7 nitrogen and oxygen atoms in total. The van der Waals surface area contributed by atoms with E-state index in [1.54, 1.807) is 4.90 Å². The van der Waals surface area contributed by atoms with Gasteiger partial charge in [0.2, 0.25) is 0 Å². The molecule has 2 atom stereocenters. The summed E-state index contributed by atoms with van der Waals surface area (Å²) in [6.45, 7) is 0.971. The van der Waals surface area contributed by atoms with Crippen LogP contribution in [0, 0.1) is 11.7 Å². The largest absolute Gasteiger partial charge is 0.389 e. The molecule has 1 aromatic heterocycles. The summed E-state index contributed by atoms with van der Waals surface area (Å²) >= 11 is 0. The number of rotatable bonds is 2. The minimum absolute atomic E-state index is 0.0870. The summed E-state index contributed by atoms with van der Waals surface area (Å²) in [5, 5.41) is 21.7. The average Bonchev–Trinajstić information content (AvgIpc) is 3.14. The van der Waals surface area contributed by atoms with Crippen LogP contribution in [0.1, 0.15) is 42.5 Å². The fraction of sp³-hybridized carbons (Fsp3) is 0.529. The zero-order chi connectivity index (χ0) is 17.4. The minimum Gasteiger partial charge on any atom is -0.389 e. The fourth-order valence-electron chi connectivity index (χ4n) is 4.08. The maximum absolute atomic E-state index is 13.8. The Kier molecular flexibility index (Phi) is 3.99. The summed E-state index contributed by atoms with van der Waals surface area (Å²) < 4.78 is 15.1. The molecule has 0 unspecified atom stereocenters. The first kappa shape index (κ1) is 16.1. The van der Waals surface area contributed by atoms with Gasteiger partial charge >= 0.3 is 0 Å². The van der Waals surface area contributed by atoms with Gasteiger partial charge in [-0.2, -0.15) is 4.68 Å². The van der Waals surface area contributed by atoms with Crippen LogP contribution in [0.5, 0.6) is 0 Å². The van der Waals surface area contributed by atoms with Crippen molar-refractivity contribution >= 4 is 5.91 Å². The summed E-state index contributed by atoms with van der Waals surface area (Å²) in [7, 11) is 0. The Bertz CT molecular complexity index is 781. The Balaban J connectivity index is 1.62. The van der Waals surface area contributed by atoms with Gasteiger partial charge in [0, 0.05) is 19.0 Å². The van der Waals surface area contributed by atoms with E-state index in [1.807, 2.05) is 0 Å². The van der Waals surface area contributed by atoms with Gasteiger partial charge in [-0.15, -0.1) is 5.10 Å². The van der Waals surface area contributed by atoms with Crippen LogP contribution >= 0.6 is 0 Å². The van der Waals surface area contributed by atoms with Gasteiger partial charge in [0.15, 0.2) is 0 Å². The third-order valence-corrected chi connectivity index (χ3v) is 5.50. The van der Waals surface area contributed by atoms with Crippen molar-refractivity contribution in [1.29, 1.82) is 0 Å². The van der Waals surface area contributed by atoms with Gasteiger partial charge in [-0.05, 0) is 47.9 Å². The molecule has 1 N–H and O–H groups in total. The lowest BCUT2D eigenvalue weighted by atomic mass is 9.71. The van der Waals surface area contributed by atoms with Crippen molar-refractivity contribution in [3.8, 4) is 5.69 Å². The number of fused-ring (bicyclic) bond motifs is 1. The third-order valence-electron chi connectivity index (χ3n) is 5.50. The Hall–Kier alpha value is -2.35. The first-order chi connectivity index (χ1) is 12.1. The van der Waals surface area contributed by atoms with Gasteiger partial charge in [0.1, 0.15) is 12.1 Å². The van der Waals surface area contributed by atoms with Crippen LogP contribution in [0.15, 0.2) is 24.5 Å². The number of benzene rings is 1. The first-order valence-electron chi connectivity index (χ1n) is 8.61. The van der Waals surface area contributed by atoms with Crippen LogP contribution in [0.25, 0.3) is 5.69 Å². The number of aliphatic hydroxyl groups is 1. The number of nitrogens with zero attached hydrogens (tertiary/aromatic N) is 5. The zero-order valence-electron chi connectivity index (χ0n) is 13.8. The van der Waals surface area contributed by atoms with E-state index >= 15 is 0 Å². The molecule has 1 aromatic carbocycles. The highest BCUT2D eigenvalue weighted by molar-refractivity contribution is 5.97. The molecule has 132 valence electrons. The predicted octanol–water partition coefficient (Wildman–Crippen LogP) is 1.57. The van der Waals surface area contributed by atoms with Crippen molar-refractivity contribution < 1.29 is 14.3 Å². The summed E-state index contributed by atoms with van der Waals surface area (Å²) in [5.74, 6) is -0.645. The van der Waals surface area contributed by atoms with E-state index in [-0.39, 0.29) is 17.4 Å². The number of aromatic nitrogens is 4. The van der Waals surface area contributed by atoms with Gasteiger partial charge < -0.3 is 10.0 Å². The molecular formula is C17H20FN5O2. The number of likely N-dealkylation sites (tertiary alicyclic amines) is 1. The first-order valence-corrected chi connectivity index (χ1v) is 8.61. The topological polar surface area (TPSA) is 84.1 Å². The molecule has 2 fully saturated rings. The van der Waals surface area contributed by atoms with Crippen molar-refractivity contribution in [1.82, 2.24) is 25.1 Å². The van der Waals surface area contributed by atoms with Crippen LogP contribution < -0.4 is 0 Å². The molecule has 0 spiro atoms. The number of hydrogen-bond donors (Lipinski definition) is 1. The molecule has 2 heterocycles. The van der Waals surface area contributed by atoms with Crippen LogP contribution in [0.3, 0.4) is 0 Å². The number of tetrazole rings is 1. The van der Waals surface area contributed by atoms with Crippen LogP contribution in [0.4, 0.5) is 4.39 Å². The Morgan fingerprint density at radius 1 is 1.32 bits per heavy atom. The van der Waals surface area contributed by atoms with Gasteiger partial charge in [-0.1, -0.05) is 12.8 Å². The number of piperidine rings is 1. The smallest absolute Gasteiger partial charge is 0.256 e. The highest BCUT2D eigenvalue weighted by Crippen LogP contribution is 2.40. The summed E-state index contributed by atoms with van der Waals surface area (Å²) in [5.41, 5.74) is 0.0183. The molecule has 8 heteroatoms. The lowest BCUT2D eigenvalue weighted by Crippen LogP contribution is -2.54. The van der Waals surface area contributed by atoms with E-state index < -0.39 is 11.4 Å². The highest BCUT2D eigenvalue weighted by Gasteiger charge is 2.44. The second-order valence-corrected chi connectivity index (χ2v) is 6.96. The molecule has 4 rings (SSSR count). The minimum atomic E-state index is -0.657. The quantitative estimate of drug-likeness (QED) is 0.893. The third kappa shape index (κ3) is 2.90. The van der Waals surface area contributed by atoms with E-state index in [9.17, 15) is 14.3 Å². The molecule has 2 aliphatic rings. The summed E-state index contributed by atoms with van der Waals surface area (Å²) in [6.07, 6.45) is 5.77. The van der Waals surface area contributed by atoms with Crippen molar-refractivity contribution in [3.63, 3.8) is 0 Å². The van der Waals surface area contributed by atoms with Crippen LogP contribution in [-0.4, -0.2) is 54.8 Å². The molecule has 1 saturated carbocycles. The number of amides is 1. The molecule has 1 aliphatic heterocycles. The van der Waals surface area contributed by atoms with E-state index in [4.69, 9.17) is 0 Å². The molecule has 0 bridgehead atoms. The highest BCUT2D eigenvalue weighted by atomic mass is 19.1. The maximum atomic E-state index is 13.8. The van der Waals surface area contributed by atoms with Crippen LogP contribution in [0.2, 0.25) is 0 Å².